The molecule has 0 amide bonds. The molecule has 7 heteroatoms. The zero-order valence-corrected chi connectivity index (χ0v) is 32.9. The fourth-order valence-electron chi connectivity index (χ4n) is 6.24. The number of hydrogen-bond donors (Lipinski definition) is 0. The van der Waals surface area contributed by atoms with Crippen LogP contribution < -0.4 is 5.19 Å². The van der Waals surface area contributed by atoms with Gasteiger partial charge in [0.25, 0.3) is 0 Å². The SMILES string of the molecule is [2H]C([2H])([2H])c1ccc(-c2cnc3sc4c(-c5nc6ccccc6n5C(C)C)[c-]ccc4c3c2)cc1.[2H]Cc1nc(-c2[c-]cccc2)ccc1[Si](C)(C)C.[Ir]. The van der Waals surface area contributed by atoms with Crippen molar-refractivity contribution >= 4 is 55.9 Å². The van der Waals surface area contributed by atoms with Crippen LogP contribution in [0.3, 0.4) is 0 Å². The molecule has 0 spiro atoms. The van der Waals surface area contributed by atoms with Gasteiger partial charge in [-0.05, 0) is 66.9 Å². The second-order valence-electron chi connectivity index (χ2n) is 13.5. The molecule has 4 aromatic carbocycles. The molecule has 0 aliphatic carbocycles. The van der Waals surface area contributed by atoms with Crippen LogP contribution in [0.4, 0.5) is 0 Å². The van der Waals surface area contributed by atoms with E-state index < -0.39 is 14.9 Å². The molecule has 0 unspecified atom stereocenters. The Morgan fingerprint density at radius 3 is 2.34 bits per heavy atom. The molecule has 4 heterocycles. The molecule has 4 aromatic heterocycles. The van der Waals surface area contributed by atoms with Gasteiger partial charge in [-0.1, -0.05) is 84.7 Å². The van der Waals surface area contributed by atoms with Crippen molar-refractivity contribution in [2.75, 3.05) is 0 Å². The molecule has 0 saturated heterocycles. The van der Waals surface area contributed by atoms with Crippen molar-refractivity contribution in [2.24, 2.45) is 0 Å². The quantitative estimate of drug-likeness (QED) is 0.128. The average molecular weight is 869 g/mol. The third-order valence-corrected chi connectivity index (χ3v) is 11.8. The number of aromatic nitrogens is 4. The summed E-state index contributed by atoms with van der Waals surface area (Å²) in [5, 5.41) is 3.48. The zero-order valence-electron chi connectivity index (χ0n) is 32.7. The number of para-hydroxylation sites is 2. The van der Waals surface area contributed by atoms with Crippen LogP contribution in [0.1, 0.15) is 36.6 Å². The molecular weight excluding hydrogens is 825 g/mol. The van der Waals surface area contributed by atoms with Crippen LogP contribution in [0.5, 0.6) is 0 Å². The molecule has 4 nitrogen and oxygen atoms in total. The first-order chi connectivity index (χ1) is 25.3. The average Bonchev–Trinajstić information content (AvgIpc) is 3.73. The van der Waals surface area contributed by atoms with Crippen LogP contribution >= 0.6 is 11.3 Å². The Morgan fingerprint density at radius 1 is 0.820 bits per heavy atom. The van der Waals surface area contributed by atoms with Crippen molar-refractivity contribution < 1.29 is 25.6 Å². The van der Waals surface area contributed by atoms with Gasteiger partial charge in [-0.2, -0.15) is 11.3 Å². The Hall–Kier alpha value is -4.26. The van der Waals surface area contributed by atoms with E-state index in [-0.39, 0.29) is 33.0 Å². The molecule has 253 valence electrons. The summed E-state index contributed by atoms with van der Waals surface area (Å²) >= 11 is 1.65. The summed E-state index contributed by atoms with van der Waals surface area (Å²) < 4.78 is 33.9. The second kappa shape index (κ2) is 14.5. The monoisotopic (exact) mass is 869 g/mol. The van der Waals surface area contributed by atoms with E-state index in [9.17, 15) is 0 Å². The molecule has 8 rings (SSSR count). The van der Waals surface area contributed by atoms with Crippen molar-refractivity contribution in [1.82, 2.24) is 19.5 Å². The van der Waals surface area contributed by atoms with E-state index in [1.54, 1.807) is 23.5 Å². The van der Waals surface area contributed by atoms with Gasteiger partial charge in [0, 0.05) is 54.5 Å². The third kappa shape index (κ3) is 7.01. The van der Waals surface area contributed by atoms with Crippen LogP contribution in [-0.4, -0.2) is 27.6 Å². The van der Waals surface area contributed by atoms with E-state index in [1.807, 2.05) is 66.9 Å². The number of hydrogen-bond acceptors (Lipinski definition) is 4. The van der Waals surface area contributed by atoms with Crippen LogP contribution in [0.25, 0.3) is 65.1 Å². The summed E-state index contributed by atoms with van der Waals surface area (Å²) in [4.78, 5) is 15.4. The number of rotatable bonds is 5. The van der Waals surface area contributed by atoms with E-state index in [1.165, 1.54) is 5.19 Å². The number of fused-ring (bicyclic) bond motifs is 4. The Balaban J connectivity index is 0.000000222. The topological polar surface area (TPSA) is 43.6 Å². The van der Waals surface area contributed by atoms with Gasteiger partial charge in [-0.25, -0.2) is 4.98 Å². The van der Waals surface area contributed by atoms with Gasteiger partial charge in [0.15, 0.2) is 0 Å². The van der Waals surface area contributed by atoms with Crippen molar-refractivity contribution in [3.8, 4) is 33.8 Å². The maximum absolute atomic E-state index is 7.67. The predicted molar refractivity (Wildman–Crippen MR) is 211 cm³/mol. The number of thiophene rings is 1. The van der Waals surface area contributed by atoms with Gasteiger partial charge >= 0.3 is 0 Å². The number of aryl methyl sites for hydroxylation is 2. The van der Waals surface area contributed by atoms with Gasteiger partial charge in [0.1, 0.15) is 4.83 Å². The molecule has 0 saturated carbocycles. The molecule has 8 aromatic rings. The van der Waals surface area contributed by atoms with Crippen molar-refractivity contribution in [3.63, 3.8) is 0 Å². The summed E-state index contributed by atoms with van der Waals surface area (Å²) in [5.41, 5.74) is 8.14. The Labute approximate surface area is 319 Å². The summed E-state index contributed by atoms with van der Waals surface area (Å²) in [5.74, 6) is 0.916. The smallest absolute Gasteiger partial charge is 0.113 e. The summed E-state index contributed by atoms with van der Waals surface area (Å²) in [7, 11) is -1.42. The van der Waals surface area contributed by atoms with Crippen molar-refractivity contribution in [3.05, 3.63) is 133 Å². The first-order valence-electron chi connectivity index (χ1n) is 18.6. The fraction of sp³-hybridized carbons (Fsp3) is 0.186. The first kappa shape index (κ1) is 30.6. The Kier molecular flexibility index (Phi) is 8.88. The Bertz CT molecular complexity index is 2560. The van der Waals surface area contributed by atoms with Gasteiger partial charge in [0.05, 0.1) is 24.9 Å². The largest absolute Gasteiger partial charge is 0.362 e. The Morgan fingerprint density at radius 2 is 1.62 bits per heavy atom. The molecule has 1 radical (unpaired) electrons. The first-order valence-corrected chi connectivity index (χ1v) is 20.7. The minimum absolute atomic E-state index is 0. The van der Waals surface area contributed by atoms with E-state index in [4.69, 9.17) is 15.5 Å². The number of pyridine rings is 2. The standard InChI is InChI=1S/C28H22N3S.C15H18NSi.Ir/c1-17(2)31-25-10-5-4-9-24(25)30-27(31)22-8-6-7-21-23-15-20(16-29-28(23)32-26(21)22)19-13-11-18(3)12-14-19;1-12-15(17(2,3)4)11-10-14(16-12)13-8-6-5-7-9-13;/h4-7,9-17H,1-3H3;5-8,10-11H,1-4H3;/q2*-1;/i3D3;1D;. The molecular formula is C43H40IrN4SSi-2. The number of nitrogens with zero attached hydrogens (tertiary/aromatic N) is 4. The maximum atomic E-state index is 7.67. The molecule has 0 atom stereocenters. The van der Waals surface area contributed by atoms with E-state index in [0.29, 0.717) is 5.56 Å². The van der Waals surface area contributed by atoms with Crippen LogP contribution in [-0.2, 0) is 20.1 Å². The third-order valence-electron chi connectivity index (χ3n) is 8.61. The van der Waals surface area contributed by atoms with Crippen LogP contribution in [0.2, 0.25) is 19.6 Å². The summed E-state index contributed by atoms with van der Waals surface area (Å²) in [6.07, 6.45) is 1.86. The van der Waals surface area contributed by atoms with E-state index in [2.05, 4.69) is 85.5 Å². The number of imidazole rings is 1. The van der Waals surface area contributed by atoms with Gasteiger partial charge in [-0.3, -0.25) is 4.98 Å². The van der Waals surface area contributed by atoms with E-state index in [0.717, 1.165) is 70.8 Å². The van der Waals surface area contributed by atoms with Crippen LogP contribution in [0.15, 0.2) is 109 Å². The minimum atomic E-state index is -2.11. The van der Waals surface area contributed by atoms with Gasteiger partial charge < -0.3 is 9.55 Å². The van der Waals surface area contributed by atoms with Gasteiger partial charge in [0.2, 0.25) is 0 Å². The molecule has 50 heavy (non-hydrogen) atoms. The molecule has 0 bridgehead atoms. The summed E-state index contributed by atoms with van der Waals surface area (Å²) in [6, 6.07) is 40.4. The maximum Gasteiger partial charge on any atom is 0.113 e. The predicted octanol–water partition coefficient (Wildman–Crippen LogP) is 11.2. The molecule has 0 aliphatic heterocycles. The fourth-order valence-corrected chi connectivity index (χ4v) is 8.87. The summed E-state index contributed by atoms with van der Waals surface area (Å²) in [6.45, 7) is 9.36. The molecule has 0 aliphatic rings. The van der Waals surface area contributed by atoms with Crippen LogP contribution in [0, 0.1) is 25.9 Å². The second-order valence-corrected chi connectivity index (χ2v) is 19.5. The minimum Gasteiger partial charge on any atom is -0.362 e. The molecule has 0 fully saturated rings. The van der Waals surface area contributed by atoms with Crippen molar-refractivity contribution in [1.29, 1.82) is 0 Å². The van der Waals surface area contributed by atoms with Gasteiger partial charge in [-0.15, -0.1) is 54.1 Å². The van der Waals surface area contributed by atoms with E-state index >= 15 is 0 Å². The molecule has 0 N–H and O–H groups in total. The normalized spacial score (nSPS) is 12.9. The van der Waals surface area contributed by atoms with Crippen molar-refractivity contribution in [2.45, 2.75) is 53.3 Å². The number of benzene rings is 4. The zero-order chi connectivity index (χ0) is 37.5.